The van der Waals surface area contributed by atoms with Crippen molar-refractivity contribution in [2.45, 2.75) is 6.54 Å². The first-order chi connectivity index (χ1) is 15.2. The Balaban J connectivity index is 1.63. The summed E-state index contributed by atoms with van der Waals surface area (Å²) in [6.45, 7) is 0.250. The molecule has 1 amide bonds. The van der Waals surface area contributed by atoms with E-state index >= 15 is 0 Å². The molecule has 4 rings (SSSR count). The molecule has 1 heterocycles. The normalized spacial score (nSPS) is 10.5. The van der Waals surface area contributed by atoms with Crippen LogP contribution >= 0.6 is 0 Å². The topological polar surface area (TPSA) is 78.3 Å². The number of para-hydroxylation sites is 1. The molecule has 0 radical (unpaired) electrons. The van der Waals surface area contributed by atoms with Gasteiger partial charge in [-0.3, -0.25) is 4.79 Å². The van der Waals surface area contributed by atoms with E-state index in [-0.39, 0.29) is 18.3 Å². The van der Waals surface area contributed by atoms with Gasteiger partial charge >= 0.3 is 0 Å². The molecule has 7 nitrogen and oxygen atoms in total. The van der Waals surface area contributed by atoms with Crippen molar-refractivity contribution in [3.63, 3.8) is 0 Å². The number of carbonyl (C=O) groups excluding carboxylic acids is 1. The van der Waals surface area contributed by atoms with Gasteiger partial charge in [0.2, 0.25) is 5.82 Å². The van der Waals surface area contributed by atoms with Gasteiger partial charge < -0.3 is 14.8 Å². The Kier molecular flexibility index (Phi) is 5.93. The van der Waals surface area contributed by atoms with Crippen LogP contribution in [0, 0.1) is 0 Å². The fourth-order valence-corrected chi connectivity index (χ4v) is 3.21. The van der Waals surface area contributed by atoms with E-state index in [1.54, 1.807) is 31.0 Å². The molecular formula is C24H22N4O3. The molecule has 1 N–H and O–H groups in total. The van der Waals surface area contributed by atoms with Crippen molar-refractivity contribution in [2.75, 3.05) is 14.2 Å². The SMILES string of the molecule is COc1ccc(OC)c(CNC(=O)c2nc(-c3ccccc3)n(-c3ccccc3)n2)c1. The molecule has 7 heteroatoms. The first kappa shape index (κ1) is 20.2. The molecule has 3 aromatic carbocycles. The van der Waals surface area contributed by atoms with Gasteiger partial charge in [0, 0.05) is 17.7 Å². The van der Waals surface area contributed by atoms with Crippen molar-refractivity contribution in [1.82, 2.24) is 20.1 Å². The summed E-state index contributed by atoms with van der Waals surface area (Å²) >= 11 is 0. The largest absolute Gasteiger partial charge is 0.497 e. The summed E-state index contributed by atoms with van der Waals surface area (Å²) in [4.78, 5) is 17.4. The lowest BCUT2D eigenvalue weighted by atomic mass is 10.2. The molecule has 4 aromatic rings. The number of carbonyl (C=O) groups is 1. The first-order valence-electron chi connectivity index (χ1n) is 9.76. The highest BCUT2D eigenvalue weighted by molar-refractivity contribution is 5.91. The summed E-state index contributed by atoms with van der Waals surface area (Å²) in [6.07, 6.45) is 0. The van der Waals surface area contributed by atoms with E-state index < -0.39 is 0 Å². The monoisotopic (exact) mass is 414 g/mol. The van der Waals surface area contributed by atoms with Crippen LogP contribution in [0.4, 0.5) is 0 Å². The Labute approximate surface area is 180 Å². The van der Waals surface area contributed by atoms with Crippen molar-refractivity contribution in [3.05, 3.63) is 90.3 Å². The quantitative estimate of drug-likeness (QED) is 0.497. The van der Waals surface area contributed by atoms with E-state index in [1.165, 1.54) is 0 Å². The van der Waals surface area contributed by atoms with Crippen LogP contribution in [0.5, 0.6) is 11.5 Å². The summed E-state index contributed by atoms with van der Waals surface area (Å²) in [7, 11) is 3.18. The van der Waals surface area contributed by atoms with E-state index in [0.29, 0.717) is 17.3 Å². The van der Waals surface area contributed by atoms with E-state index in [9.17, 15) is 4.79 Å². The standard InChI is InChI=1S/C24H22N4O3/c1-30-20-13-14-21(31-2)18(15-20)16-25-24(29)22-26-23(17-9-5-3-6-10-17)28(27-22)19-11-7-4-8-12-19/h3-15H,16H2,1-2H3,(H,25,29). The first-order valence-corrected chi connectivity index (χ1v) is 9.76. The van der Waals surface area contributed by atoms with Crippen molar-refractivity contribution in [3.8, 4) is 28.6 Å². The fourth-order valence-electron chi connectivity index (χ4n) is 3.21. The molecule has 1 aromatic heterocycles. The lowest BCUT2D eigenvalue weighted by Gasteiger charge is -2.10. The van der Waals surface area contributed by atoms with E-state index in [1.807, 2.05) is 66.7 Å². The number of hydrogen-bond acceptors (Lipinski definition) is 5. The highest BCUT2D eigenvalue weighted by Gasteiger charge is 2.19. The second-order valence-electron chi connectivity index (χ2n) is 6.73. The van der Waals surface area contributed by atoms with Crippen LogP contribution in [0.3, 0.4) is 0 Å². The molecular weight excluding hydrogens is 392 g/mol. The number of hydrogen-bond donors (Lipinski definition) is 1. The van der Waals surface area contributed by atoms with Gasteiger partial charge in [-0.25, -0.2) is 9.67 Å². The summed E-state index contributed by atoms with van der Waals surface area (Å²) in [6, 6.07) is 24.7. The average molecular weight is 414 g/mol. The molecule has 0 fully saturated rings. The highest BCUT2D eigenvalue weighted by Crippen LogP contribution is 2.24. The Morgan fingerprint density at radius 3 is 2.32 bits per heavy atom. The van der Waals surface area contributed by atoms with Gasteiger partial charge in [-0.1, -0.05) is 48.5 Å². The van der Waals surface area contributed by atoms with Crippen LogP contribution in [0.2, 0.25) is 0 Å². The second kappa shape index (κ2) is 9.13. The van der Waals surface area contributed by atoms with Gasteiger partial charge in [0.15, 0.2) is 5.82 Å². The van der Waals surface area contributed by atoms with Gasteiger partial charge in [-0.05, 0) is 30.3 Å². The second-order valence-corrected chi connectivity index (χ2v) is 6.73. The van der Waals surface area contributed by atoms with Gasteiger partial charge in [-0.2, -0.15) is 0 Å². The van der Waals surface area contributed by atoms with E-state index in [2.05, 4.69) is 15.4 Å². The Hall–Kier alpha value is -4.13. The number of nitrogens with one attached hydrogen (secondary N) is 1. The zero-order valence-electron chi connectivity index (χ0n) is 17.3. The molecule has 31 heavy (non-hydrogen) atoms. The van der Waals surface area contributed by atoms with Crippen LogP contribution in [0.15, 0.2) is 78.9 Å². The number of ether oxygens (including phenoxy) is 2. The maximum absolute atomic E-state index is 12.9. The predicted molar refractivity (Wildman–Crippen MR) is 118 cm³/mol. The number of nitrogens with zero attached hydrogens (tertiary/aromatic N) is 3. The molecule has 0 aliphatic carbocycles. The van der Waals surface area contributed by atoms with Crippen molar-refractivity contribution in [2.24, 2.45) is 0 Å². The zero-order valence-corrected chi connectivity index (χ0v) is 17.3. The maximum Gasteiger partial charge on any atom is 0.291 e. The summed E-state index contributed by atoms with van der Waals surface area (Å²) in [5.74, 6) is 1.65. The molecule has 156 valence electrons. The van der Waals surface area contributed by atoms with E-state index in [4.69, 9.17) is 9.47 Å². The molecule has 0 bridgehead atoms. The summed E-state index contributed by atoms with van der Waals surface area (Å²) in [5, 5.41) is 7.35. The Morgan fingerprint density at radius 1 is 0.935 bits per heavy atom. The van der Waals surface area contributed by atoms with Crippen molar-refractivity contribution in [1.29, 1.82) is 0 Å². The molecule has 0 atom stereocenters. The number of rotatable bonds is 7. The van der Waals surface area contributed by atoms with E-state index in [0.717, 1.165) is 16.8 Å². The number of aromatic nitrogens is 3. The predicted octanol–water partition coefficient (Wildman–Crippen LogP) is 3.88. The molecule has 0 saturated carbocycles. The molecule has 0 saturated heterocycles. The molecule has 0 spiro atoms. The Morgan fingerprint density at radius 2 is 1.65 bits per heavy atom. The molecule has 0 aliphatic rings. The van der Waals surface area contributed by atoms with Crippen molar-refractivity contribution < 1.29 is 14.3 Å². The number of methoxy groups -OCH3 is 2. The van der Waals surface area contributed by atoms with Crippen molar-refractivity contribution >= 4 is 5.91 Å². The molecule has 0 aliphatic heterocycles. The minimum absolute atomic E-state index is 0.0876. The third-order valence-electron chi connectivity index (χ3n) is 4.77. The lowest BCUT2D eigenvalue weighted by molar-refractivity contribution is 0.0940. The maximum atomic E-state index is 12.9. The number of benzene rings is 3. The van der Waals surface area contributed by atoms with Crippen LogP contribution in [-0.2, 0) is 6.54 Å². The van der Waals surface area contributed by atoms with Gasteiger partial charge in [0.1, 0.15) is 11.5 Å². The average Bonchev–Trinajstić information content (AvgIpc) is 3.29. The van der Waals surface area contributed by atoms with Gasteiger partial charge in [0.25, 0.3) is 5.91 Å². The van der Waals surface area contributed by atoms with Crippen LogP contribution < -0.4 is 14.8 Å². The molecule has 0 unspecified atom stereocenters. The minimum Gasteiger partial charge on any atom is -0.497 e. The van der Waals surface area contributed by atoms with Gasteiger partial charge in [-0.15, -0.1) is 5.10 Å². The third-order valence-corrected chi connectivity index (χ3v) is 4.77. The summed E-state index contributed by atoms with van der Waals surface area (Å²) < 4.78 is 12.3. The zero-order chi connectivity index (χ0) is 21.6. The third kappa shape index (κ3) is 4.40. The fraction of sp³-hybridized carbons (Fsp3) is 0.125. The Bertz CT molecular complexity index is 1120. The van der Waals surface area contributed by atoms with Crippen LogP contribution in [0.1, 0.15) is 16.2 Å². The van der Waals surface area contributed by atoms with Crippen LogP contribution in [-0.4, -0.2) is 34.9 Å². The number of amides is 1. The minimum atomic E-state index is -0.378. The highest BCUT2D eigenvalue weighted by atomic mass is 16.5. The van der Waals surface area contributed by atoms with Crippen LogP contribution in [0.25, 0.3) is 17.1 Å². The summed E-state index contributed by atoms with van der Waals surface area (Å²) in [5.41, 5.74) is 2.48. The lowest BCUT2D eigenvalue weighted by Crippen LogP contribution is -2.24. The van der Waals surface area contributed by atoms with Gasteiger partial charge in [0.05, 0.1) is 19.9 Å². The smallest absolute Gasteiger partial charge is 0.291 e.